The molecule has 2 N–H and O–H groups in total. The van der Waals surface area contributed by atoms with E-state index in [2.05, 4.69) is 9.62 Å². The highest BCUT2D eigenvalue weighted by Gasteiger charge is 2.38. The van der Waals surface area contributed by atoms with Crippen molar-refractivity contribution in [2.45, 2.75) is 24.3 Å². The highest BCUT2D eigenvalue weighted by molar-refractivity contribution is 7.88. The fraction of sp³-hybridized carbons (Fsp3) is 0.533. The Hall–Kier alpha value is -1.35. The molecule has 2 aliphatic heterocycles. The summed E-state index contributed by atoms with van der Waals surface area (Å²) in [4.78, 5) is 14.6. The molecule has 7 nitrogen and oxygen atoms in total. The average Bonchev–Trinajstić information content (AvgIpc) is 2.89. The molecule has 2 saturated heterocycles. The molecule has 1 aromatic carbocycles. The van der Waals surface area contributed by atoms with Gasteiger partial charge >= 0.3 is 6.09 Å². The van der Waals surface area contributed by atoms with Crippen molar-refractivity contribution in [2.24, 2.45) is 0 Å². The van der Waals surface area contributed by atoms with Crippen LogP contribution in [0.3, 0.4) is 0 Å². The van der Waals surface area contributed by atoms with E-state index in [0.29, 0.717) is 43.2 Å². The summed E-state index contributed by atoms with van der Waals surface area (Å²) in [5, 5.41) is 9.65. The highest BCUT2D eigenvalue weighted by atomic mass is 35.5. The normalized spacial score (nSPS) is 24.8. The lowest BCUT2D eigenvalue weighted by molar-refractivity contribution is 0.0889. The number of hydrogen-bond acceptors (Lipinski definition) is 4. The van der Waals surface area contributed by atoms with Gasteiger partial charge in [-0.05, 0) is 24.1 Å². The molecular formula is C15H20ClN3O4S. The number of carboxylic acid groups (broad SMARTS) is 1. The van der Waals surface area contributed by atoms with Gasteiger partial charge in [0.25, 0.3) is 0 Å². The minimum Gasteiger partial charge on any atom is -0.465 e. The van der Waals surface area contributed by atoms with Crippen molar-refractivity contribution in [3.8, 4) is 0 Å². The maximum absolute atomic E-state index is 12.4. The number of sulfonamides is 1. The smallest absolute Gasteiger partial charge is 0.407 e. The third kappa shape index (κ3) is 4.18. The fourth-order valence-electron chi connectivity index (χ4n) is 3.40. The van der Waals surface area contributed by atoms with Crippen molar-refractivity contribution in [3.05, 3.63) is 34.9 Å². The number of nitrogens with zero attached hydrogens (tertiary/aromatic N) is 2. The van der Waals surface area contributed by atoms with Gasteiger partial charge in [0.05, 0.1) is 5.75 Å². The van der Waals surface area contributed by atoms with E-state index in [1.165, 1.54) is 4.90 Å². The monoisotopic (exact) mass is 373 g/mol. The van der Waals surface area contributed by atoms with Crippen LogP contribution in [0.25, 0.3) is 0 Å². The predicted octanol–water partition coefficient (Wildman–Crippen LogP) is 1.20. The minimum atomic E-state index is -3.45. The summed E-state index contributed by atoms with van der Waals surface area (Å²) in [5.41, 5.74) is 0.680. The molecule has 0 unspecified atom stereocenters. The molecule has 2 aliphatic rings. The fourth-order valence-corrected chi connectivity index (χ4v) is 4.92. The van der Waals surface area contributed by atoms with E-state index in [1.807, 2.05) is 0 Å². The molecule has 0 aliphatic carbocycles. The van der Waals surface area contributed by atoms with E-state index < -0.39 is 16.1 Å². The van der Waals surface area contributed by atoms with Gasteiger partial charge in [0.2, 0.25) is 10.0 Å². The third-order valence-corrected chi connectivity index (χ3v) is 6.16. The number of carbonyl (C=O) groups is 1. The van der Waals surface area contributed by atoms with Crippen molar-refractivity contribution >= 4 is 27.7 Å². The molecule has 1 amide bonds. The first-order chi connectivity index (χ1) is 11.3. The third-order valence-electron chi connectivity index (χ3n) is 4.50. The first kappa shape index (κ1) is 17.5. The quantitative estimate of drug-likeness (QED) is 0.827. The van der Waals surface area contributed by atoms with Gasteiger partial charge in [0.15, 0.2) is 0 Å². The number of benzene rings is 1. The number of piperazine rings is 1. The molecule has 2 atom stereocenters. The van der Waals surface area contributed by atoms with Crippen molar-refractivity contribution in [1.82, 2.24) is 14.5 Å². The molecule has 3 rings (SSSR count). The number of halogens is 1. The highest BCUT2D eigenvalue weighted by Crippen LogP contribution is 2.23. The Labute approximate surface area is 146 Å². The largest absolute Gasteiger partial charge is 0.465 e. The van der Waals surface area contributed by atoms with Crippen LogP contribution in [0.4, 0.5) is 4.79 Å². The molecular weight excluding hydrogens is 354 g/mol. The van der Waals surface area contributed by atoms with Gasteiger partial charge in [-0.2, -0.15) is 0 Å². The zero-order valence-corrected chi connectivity index (χ0v) is 14.6. The Morgan fingerprint density at radius 2 is 1.96 bits per heavy atom. The van der Waals surface area contributed by atoms with Crippen LogP contribution in [0.1, 0.15) is 12.0 Å². The van der Waals surface area contributed by atoms with Crippen LogP contribution in [0.2, 0.25) is 5.02 Å². The van der Waals surface area contributed by atoms with Crippen molar-refractivity contribution < 1.29 is 18.3 Å². The van der Waals surface area contributed by atoms with Crippen molar-refractivity contribution in [1.29, 1.82) is 0 Å². The molecule has 0 spiro atoms. The molecule has 9 heteroatoms. The molecule has 0 radical (unpaired) electrons. The molecule has 24 heavy (non-hydrogen) atoms. The standard InChI is InChI=1S/C15H20ClN3O4S/c16-12-3-1-11(2-4-12)10-24(22,23)17-13-7-14-9-19(15(20)21)6-5-18(14)8-13/h1-4,13-14,17H,5-10H2,(H,20,21)/t13-,14-/m0/s1. The Morgan fingerprint density at radius 1 is 1.25 bits per heavy atom. The summed E-state index contributed by atoms with van der Waals surface area (Å²) in [6.07, 6.45) is -0.287. The second kappa shape index (κ2) is 6.87. The van der Waals surface area contributed by atoms with Gasteiger partial charge in [-0.1, -0.05) is 23.7 Å². The van der Waals surface area contributed by atoms with Crippen LogP contribution >= 0.6 is 11.6 Å². The average molecular weight is 374 g/mol. The van der Waals surface area contributed by atoms with Crippen LogP contribution in [-0.2, 0) is 15.8 Å². The summed E-state index contributed by atoms with van der Waals surface area (Å²) in [5.74, 6) is -0.0907. The second-order valence-corrected chi connectivity index (χ2v) is 8.50. The predicted molar refractivity (Wildman–Crippen MR) is 90.6 cm³/mol. The molecule has 2 fully saturated rings. The van der Waals surface area contributed by atoms with Gasteiger partial charge in [-0.3, -0.25) is 4.90 Å². The number of amides is 1. The Morgan fingerprint density at radius 3 is 2.62 bits per heavy atom. The molecule has 1 aromatic rings. The van der Waals surface area contributed by atoms with Crippen molar-refractivity contribution in [2.75, 3.05) is 26.2 Å². The lowest BCUT2D eigenvalue weighted by Crippen LogP contribution is -2.51. The lowest BCUT2D eigenvalue weighted by Gasteiger charge is -2.35. The number of hydrogen-bond donors (Lipinski definition) is 2. The van der Waals surface area contributed by atoms with Crippen LogP contribution in [-0.4, -0.2) is 67.7 Å². The first-order valence-corrected chi connectivity index (χ1v) is 9.82. The summed E-state index contributed by atoms with van der Waals surface area (Å²) in [6, 6.07) is 6.64. The molecule has 2 heterocycles. The Balaban J connectivity index is 1.58. The molecule has 132 valence electrons. The van der Waals surface area contributed by atoms with E-state index in [4.69, 9.17) is 16.7 Å². The van der Waals surface area contributed by atoms with Gasteiger partial charge in [-0.15, -0.1) is 0 Å². The van der Waals surface area contributed by atoms with Crippen LogP contribution in [0.15, 0.2) is 24.3 Å². The topological polar surface area (TPSA) is 89.9 Å². The van der Waals surface area contributed by atoms with Crippen LogP contribution in [0, 0.1) is 0 Å². The summed E-state index contributed by atoms with van der Waals surface area (Å²) >= 11 is 5.81. The number of fused-ring (bicyclic) bond motifs is 1. The second-order valence-electron chi connectivity index (χ2n) is 6.31. The first-order valence-electron chi connectivity index (χ1n) is 7.79. The summed E-state index contributed by atoms with van der Waals surface area (Å²) in [7, 11) is -3.45. The lowest BCUT2D eigenvalue weighted by atomic mass is 10.1. The zero-order valence-electron chi connectivity index (χ0n) is 13.1. The van der Waals surface area contributed by atoms with E-state index in [-0.39, 0.29) is 17.8 Å². The van der Waals surface area contributed by atoms with E-state index in [9.17, 15) is 13.2 Å². The van der Waals surface area contributed by atoms with Gasteiger partial charge in [0, 0.05) is 43.3 Å². The van der Waals surface area contributed by atoms with E-state index in [0.717, 1.165) is 0 Å². The molecule has 0 bridgehead atoms. The number of nitrogens with one attached hydrogen (secondary N) is 1. The maximum atomic E-state index is 12.4. The summed E-state index contributed by atoms with van der Waals surface area (Å²) in [6.45, 7) is 2.17. The SMILES string of the molecule is O=C(O)N1CCN2C[C@@H](NS(=O)(=O)Cc3ccc(Cl)cc3)C[C@H]2C1. The van der Waals surface area contributed by atoms with Crippen molar-refractivity contribution in [3.63, 3.8) is 0 Å². The Kier molecular flexibility index (Phi) is 5.00. The van der Waals surface area contributed by atoms with Crippen LogP contribution < -0.4 is 4.72 Å². The van der Waals surface area contributed by atoms with E-state index in [1.54, 1.807) is 24.3 Å². The molecule has 0 saturated carbocycles. The van der Waals surface area contributed by atoms with Gasteiger partial charge in [-0.25, -0.2) is 17.9 Å². The minimum absolute atomic E-state index is 0.0816. The maximum Gasteiger partial charge on any atom is 0.407 e. The van der Waals surface area contributed by atoms with E-state index >= 15 is 0 Å². The number of rotatable bonds is 4. The van der Waals surface area contributed by atoms with Crippen LogP contribution in [0.5, 0.6) is 0 Å². The van der Waals surface area contributed by atoms with Gasteiger partial charge < -0.3 is 10.0 Å². The molecule has 0 aromatic heterocycles. The Bertz CT molecular complexity index is 710. The zero-order chi connectivity index (χ0) is 17.3. The van der Waals surface area contributed by atoms with Gasteiger partial charge in [0.1, 0.15) is 0 Å². The summed E-state index contributed by atoms with van der Waals surface area (Å²) < 4.78 is 27.5.